The number of hydrogen-bond donors (Lipinski definition) is 1. The molecule has 0 saturated heterocycles. The minimum atomic E-state index is 0.365. The van der Waals surface area contributed by atoms with Gasteiger partial charge in [0.25, 0.3) is 0 Å². The molecule has 0 amide bonds. The summed E-state index contributed by atoms with van der Waals surface area (Å²) in [5.74, 6) is 1.63. The molecule has 0 radical (unpaired) electrons. The summed E-state index contributed by atoms with van der Waals surface area (Å²) in [5, 5.41) is 3.45. The smallest absolute Gasteiger partial charge is 0.119 e. The van der Waals surface area contributed by atoms with E-state index in [2.05, 4.69) is 58.3 Å². The fraction of sp³-hybridized carbons (Fsp3) is 0.647. The zero-order valence-electron chi connectivity index (χ0n) is 13.3. The summed E-state index contributed by atoms with van der Waals surface area (Å²) in [6.45, 7) is 9.29. The van der Waals surface area contributed by atoms with Gasteiger partial charge < -0.3 is 10.1 Å². The van der Waals surface area contributed by atoms with Crippen LogP contribution in [0, 0.1) is 11.3 Å². The highest BCUT2D eigenvalue weighted by Gasteiger charge is 2.23. The number of ether oxygens (including phenoxy) is 1. The van der Waals surface area contributed by atoms with Crippen LogP contribution in [0.3, 0.4) is 0 Å². The van der Waals surface area contributed by atoms with Crippen LogP contribution in [-0.2, 0) is 6.42 Å². The number of benzene rings is 1. The molecule has 0 aliphatic rings. The van der Waals surface area contributed by atoms with E-state index in [0.29, 0.717) is 17.4 Å². The molecule has 0 aliphatic heterocycles. The minimum absolute atomic E-state index is 0.365. The summed E-state index contributed by atoms with van der Waals surface area (Å²) in [4.78, 5) is 0. The van der Waals surface area contributed by atoms with Crippen molar-refractivity contribution < 1.29 is 4.74 Å². The van der Waals surface area contributed by atoms with Gasteiger partial charge in [0.05, 0.1) is 7.11 Å². The number of likely N-dealkylation sites (N-methyl/N-ethyl adjacent to an activating group) is 1. The zero-order valence-corrected chi connectivity index (χ0v) is 13.3. The molecular weight excluding hydrogens is 234 g/mol. The van der Waals surface area contributed by atoms with E-state index in [1.54, 1.807) is 7.11 Å². The van der Waals surface area contributed by atoms with Gasteiger partial charge in [-0.3, -0.25) is 0 Å². The molecule has 1 aromatic carbocycles. The fourth-order valence-electron chi connectivity index (χ4n) is 2.17. The van der Waals surface area contributed by atoms with Crippen LogP contribution < -0.4 is 10.1 Å². The van der Waals surface area contributed by atoms with Crippen molar-refractivity contribution in [3.63, 3.8) is 0 Å². The van der Waals surface area contributed by atoms with Gasteiger partial charge >= 0.3 is 0 Å². The van der Waals surface area contributed by atoms with Gasteiger partial charge in [-0.2, -0.15) is 0 Å². The van der Waals surface area contributed by atoms with Crippen molar-refractivity contribution >= 4 is 0 Å². The van der Waals surface area contributed by atoms with Gasteiger partial charge in [-0.15, -0.1) is 0 Å². The van der Waals surface area contributed by atoms with E-state index >= 15 is 0 Å². The van der Waals surface area contributed by atoms with E-state index in [4.69, 9.17) is 4.74 Å². The third kappa shape index (κ3) is 5.23. The first-order chi connectivity index (χ1) is 8.86. The highest BCUT2D eigenvalue weighted by molar-refractivity contribution is 5.28. The maximum Gasteiger partial charge on any atom is 0.119 e. The van der Waals surface area contributed by atoms with Crippen LogP contribution >= 0.6 is 0 Å². The van der Waals surface area contributed by atoms with Gasteiger partial charge in [0.15, 0.2) is 0 Å². The second-order valence-electron chi connectivity index (χ2n) is 6.54. The highest BCUT2D eigenvalue weighted by atomic mass is 16.5. The molecule has 0 saturated carbocycles. The van der Waals surface area contributed by atoms with Crippen molar-refractivity contribution in [2.45, 2.75) is 46.6 Å². The van der Waals surface area contributed by atoms with Gasteiger partial charge in [-0.25, -0.2) is 0 Å². The molecule has 2 atom stereocenters. The third-order valence-electron chi connectivity index (χ3n) is 4.14. The molecule has 0 bridgehead atoms. The molecule has 2 unspecified atom stereocenters. The van der Waals surface area contributed by atoms with E-state index in [1.807, 2.05) is 6.07 Å². The highest BCUT2D eigenvalue weighted by Crippen LogP contribution is 2.29. The Morgan fingerprint density at radius 2 is 1.95 bits per heavy atom. The summed E-state index contributed by atoms with van der Waals surface area (Å²) < 4.78 is 5.28. The number of nitrogens with one attached hydrogen (secondary N) is 1. The van der Waals surface area contributed by atoms with E-state index in [1.165, 1.54) is 12.0 Å². The average Bonchev–Trinajstić information content (AvgIpc) is 2.37. The van der Waals surface area contributed by atoms with Gasteiger partial charge in [0.2, 0.25) is 0 Å². The van der Waals surface area contributed by atoms with Crippen LogP contribution in [-0.4, -0.2) is 20.2 Å². The lowest BCUT2D eigenvalue weighted by molar-refractivity contribution is 0.225. The standard InChI is InChI=1S/C17H29NO/c1-13(17(2,3)4)10-15(18-5)11-14-8-7-9-16(12-14)19-6/h7-9,12-13,15,18H,10-11H2,1-6H3. The zero-order chi connectivity index (χ0) is 14.5. The van der Waals surface area contributed by atoms with Crippen LogP contribution in [0.4, 0.5) is 0 Å². The summed E-state index contributed by atoms with van der Waals surface area (Å²) in [6.07, 6.45) is 2.24. The molecule has 1 N–H and O–H groups in total. The molecule has 0 aromatic heterocycles. The van der Waals surface area contributed by atoms with Crippen molar-refractivity contribution in [2.75, 3.05) is 14.2 Å². The molecule has 2 heteroatoms. The quantitative estimate of drug-likeness (QED) is 0.840. The summed E-state index contributed by atoms with van der Waals surface area (Å²) in [7, 11) is 3.77. The monoisotopic (exact) mass is 263 g/mol. The van der Waals surface area contributed by atoms with Gasteiger partial charge in [0, 0.05) is 6.04 Å². The maximum absolute atomic E-state index is 5.28. The van der Waals surface area contributed by atoms with E-state index in [9.17, 15) is 0 Å². The van der Waals surface area contributed by atoms with Crippen LogP contribution in [0.1, 0.15) is 39.7 Å². The summed E-state index contributed by atoms with van der Waals surface area (Å²) >= 11 is 0. The molecule has 0 heterocycles. The molecule has 108 valence electrons. The Balaban J connectivity index is 2.66. The van der Waals surface area contributed by atoms with Crippen molar-refractivity contribution in [1.29, 1.82) is 0 Å². The van der Waals surface area contributed by atoms with Crippen molar-refractivity contribution in [3.05, 3.63) is 29.8 Å². The topological polar surface area (TPSA) is 21.3 Å². The fourth-order valence-corrected chi connectivity index (χ4v) is 2.17. The first kappa shape index (κ1) is 16.0. The normalized spacial score (nSPS) is 15.1. The maximum atomic E-state index is 5.28. The molecule has 1 aromatic rings. The Labute approximate surface area is 118 Å². The predicted molar refractivity (Wildman–Crippen MR) is 82.8 cm³/mol. The Kier molecular flexibility index (Phi) is 5.86. The predicted octanol–water partition coefficient (Wildman–Crippen LogP) is 3.90. The second kappa shape index (κ2) is 6.95. The van der Waals surface area contributed by atoms with Crippen LogP contribution in [0.15, 0.2) is 24.3 Å². The molecular formula is C17H29NO. The largest absolute Gasteiger partial charge is 0.497 e. The van der Waals surface area contributed by atoms with Crippen molar-refractivity contribution in [2.24, 2.45) is 11.3 Å². The van der Waals surface area contributed by atoms with Crippen LogP contribution in [0.2, 0.25) is 0 Å². The van der Waals surface area contributed by atoms with Crippen molar-refractivity contribution in [1.82, 2.24) is 5.32 Å². The average molecular weight is 263 g/mol. The lowest BCUT2D eigenvalue weighted by Gasteiger charge is -2.30. The molecule has 0 aliphatic carbocycles. The minimum Gasteiger partial charge on any atom is -0.497 e. The Hall–Kier alpha value is -1.02. The molecule has 2 nitrogen and oxygen atoms in total. The first-order valence-electron chi connectivity index (χ1n) is 7.17. The van der Waals surface area contributed by atoms with Gasteiger partial charge in [-0.1, -0.05) is 39.8 Å². The number of hydrogen-bond acceptors (Lipinski definition) is 2. The number of rotatable bonds is 6. The van der Waals surface area contributed by atoms with E-state index in [-0.39, 0.29) is 0 Å². The van der Waals surface area contributed by atoms with Gasteiger partial charge in [0.1, 0.15) is 5.75 Å². The summed E-state index contributed by atoms with van der Waals surface area (Å²) in [5.41, 5.74) is 1.70. The Morgan fingerprint density at radius 3 is 2.47 bits per heavy atom. The van der Waals surface area contributed by atoms with E-state index < -0.39 is 0 Å². The molecule has 19 heavy (non-hydrogen) atoms. The van der Waals surface area contributed by atoms with Crippen LogP contribution in [0.25, 0.3) is 0 Å². The first-order valence-corrected chi connectivity index (χ1v) is 7.17. The summed E-state index contributed by atoms with van der Waals surface area (Å²) in [6, 6.07) is 8.88. The second-order valence-corrected chi connectivity index (χ2v) is 6.54. The van der Waals surface area contributed by atoms with Crippen molar-refractivity contribution in [3.8, 4) is 5.75 Å². The molecule has 1 rings (SSSR count). The Morgan fingerprint density at radius 1 is 1.26 bits per heavy atom. The van der Waals surface area contributed by atoms with Crippen LogP contribution in [0.5, 0.6) is 5.75 Å². The Bertz CT molecular complexity index is 381. The molecule has 0 fully saturated rings. The van der Waals surface area contributed by atoms with Gasteiger partial charge in [-0.05, 0) is 48.9 Å². The third-order valence-corrected chi connectivity index (χ3v) is 4.14. The SMILES string of the molecule is CNC(Cc1cccc(OC)c1)CC(C)C(C)(C)C. The van der Waals surface area contributed by atoms with E-state index in [0.717, 1.165) is 12.2 Å². The number of methoxy groups -OCH3 is 1. The lowest BCUT2D eigenvalue weighted by atomic mass is 9.78. The lowest BCUT2D eigenvalue weighted by Crippen LogP contribution is -2.33. The molecule has 0 spiro atoms.